The van der Waals surface area contributed by atoms with Gasteiger partial charge < -0.3 is 9.73 Å². The molecule has 0 saturated carbocycles. The molecule has 8 heteroatoms. The lowest BCUT2D eigenvalue weighted by molar-refractivity contribution is -0.111. The summed E-state index contributed by atoms with van der Waals surface area (Å²) < 4.78 is 6.78. The summed E-state index contributed by atoms with van der Waals surface area (Å²) in [5.41, 5.74) is 2.22. The maximum atomic E-state index is 12.5. The first-order valence-electron chi connectivity index (χ1n) is 9.27. The predicted octanol–water partition coefficient (Wildman–Crippen LogP) is 3.48. The van der Waals surface area contributed by atoms with Crippen molar-refractivity contribution in [3.05, 3.63) is 88.0 Å². The minimum atomic E-state index is -0.350. The van der Waals surface area contributed by atoms with E-state index in [-0.39, 0.29) is 17.4 Å². The van der Waals surface area contributed by atoms with Crippen LogP contribution in [0.15, 0.2) is 70.1 Å². The Labute approximate surface area is 171 Å². The molecule has 3 heterocycles. The van der Waals surface area contributed by atoms with E-state index < -0.39 is 0 Å². The molecule has 3 aromatic heterocycles. The van der Waals surface area contributed by atoms with E-state index in [0.717, 1.165) is 5.56 Å². The van der Waals surface area contributed by atoms with Gasteiger partial charge in [0.25, 0.3) is 5.56 Å². The van der Waals surface area contributed by atoms with E-state index in [2.05, 4.69) is 20.4 Å². The highest BCUT2D eigenvalue weighted by molar-refractivity contribution is 6.01. The number of benzene rings is 1. The summed E-state index contributed by atoms with van der Waals surface area (Å²) in [4.78, 5) is 31.8. The van der Waals surface area contributed by atoms with E-state index in [9.17, 15) is 9.59 Å². The van der Waals surface area contributed by atoms with Gasteiger partial charge in [0.15, 0.2) is 5.76 Å². The van der Waals surface area contributed by atoms with Crippen LogP contribution in [-0.4, -0.2) is 25.7 Å². The molecule has 0 aliphatic rings. The minimum Gasteiger partial charge on any atom is -0.463 e. The van der Waals surface area contributed by atoms with E-state index >= 15 is 0 Å². The van der Waals surface area contributed by atoms with Gasteiger partial charge >= 0.3 is 0 Å². The van der Waals surface area contributed by atoms with Crippen molar-refractivity contribution in [2.24, 2.45) is 0 Å². The van der Waals surface area contributed by atoms with E-state index in [0.29, 0.717) is 28.5 Å². The number of H-pyrrole nitrogens is 1. The topological polar surface area (TPSA) is 106 Å². The molecule has 0 fully saturated rings. The number of furan rings is 1. The van der Waals surface area contributed by atoms with Crippen LogP contribution >= 0.6 is 0 Å². The summed E-state index contributed by atoms with van der Waals surface area (Å²) in [6.07, 6.45) is 4.67. The van der Waals surface area contributed by atoms with Gasteiger partial charge in [-0.15, -0.1) is 0 Å². The Hall–Kier alpha value is -4.20. The summed E-state index contributed by atoms with van der Waals surface area (Å²) in [6, 6.07) is 14.6. The molecule has 30 heavy (non-hydrogen) atoms. The number of hydrogen-bond donors (Lipinski definition) is 2. The first kappa shape index (κ1) is 19.1. The molecule has 0 unspecified atom stereocenters. The van der Waals surface area contributed by atoms with Crippen molar-refractivity contribution in [3.63, 3.8) is 0 Å². The number of aromatic nitrogens is 4. The van der Waals surface area contributed by atoms with Gasteiger partial charge in [-0.25, -0.2) is 4.98 Å². The van der Waals surface area contributed by atoms with Crippen molar-refractivity contribution in [1.29, 1.82) is 0 Å². The highest BCUT2D eigenvalue weighted by Gasteiger charge is 2.17. The Balaban J connectivity index is 1.70. The van der Waals surface area contributed by atoms with Gasteiger partial charge in [-0.1, -0.05) is 30.3 Å². The summed E-state index contributed by atoms with van der Waals surface area (Å²) >= 11 is 0. The molecule has 2 N–H and O–H groups in total. The molecule has 0 aliphatic carbocycles. The molecule has 0 saturated heterocycles. The normalized spacial score (nSPS) is 11.1. The zero-order valence-electron chi connectivity index (χ0n) is 16.4. The molecule has 150 valence electrons. The standard InChI is InChI=1S/C22H19N5O3/c1-14-15(2)23-22(25-21(14)29)27-19(13-17(26-27)18-9-6-12-30-18)24-20(28)11-10-16-7-4-3-5-8-16/h3-13H,1-2H3,(H,24,28)(H,23,25,29)/b11-10+. The molecule has 0 spiro atoms. The molecule has 8 nitrogen and oxygen atoms in total. The number of anilines is 1. The smallest absolute Gasteiger partial charge is 0.255 e. The first-order chi connectivity index (χ1) is 14.5. The second-order valence-corrected chi connectivity index (χ2v) is 6.64. The molecule has 0 aliphatic heterocycles. The van der Waals surface area contributed by atoms with Crippen molar-refractivity contribution in [2.75, 3.05) is 5.32 Å². The lowest BCUT2D eigenvalue weighted by atomic mass is 10.2. The number of aromatic amines is 1. The number of hydrogen-bond acceptors (Lipinski definition) is 5. The van der Waals surface area contributed by atoms with Crippen LogP contribution in [-0.2, 0) is 4.79 Å². The van der Waals surface area contributed by atoms with Crippen molar-refractivity contribution >= 4 is 17.8 Å². The second kappa shape index (κ2) is 8.04. The number of carbonyl (C=O) groups is 1. The maximum absolute atomic E-state index is 12.5. The number of aryl methyl sites for hydroxylation is 1. The third-order valence-electron chi connectivity index (χ3n) is 4.54. The molecule has 1 aromatic carbocycles. The predicted molar refractivity (Wildman–Crippen MR) is 113 cm³/mol. The van der Waals surface area contributed by atoms with Crippen LogP contribution in [0.1, 0.15) is 16.8 Å². The van der Waals surface area contributed by atoms with Gasteiger partial charge in [0.05, 0.1) is 6.26 Å². The van der Waals surface area contributed by atoms with Crippen molar-refractivity contribution in [1.82, 2.24) is 19.7 Å². The molecule has 0 radical (unpaired) electrons. The highest BCUT2D eigenvalue weighted by atomic mass is 16.3. The number of nitrogens with zero attached hydrogens (tertiary/aromatic N) is 3. The largest absolute Gasteiger partial charge is 0.463 e. The molecular weight excluding hydrogens is 382 g/mol. The Morgan fingerprint density at radius 2 is 1.97 bits per heavy atom. The first-order valence-corrected chi connectivity index (χ1v) is 9.27. The SMILES string of the molecule is Cc1nc(-n2nc(-c3ccco3)cc2NC(=O)/C=C/c2ccccc2)[nH]c(=O)c1C. The van der Waals surface area contributed by atoms with Crippen LogP contribution in [0.5, 0.6) is 0 Å². The third-order valence-corrected chi connectivity index (χ3v) is 4.54. The molecule has 4 rings (SSSR count). The molecule has 1 amide bonds. The minimum absolute atomic E-state index is 0.197. The van der Waals surface area contributed by atoms with Gasteiger partial charge in [-0.05, 0) is 37.6 Å². The van der Waals surface area contributed by atoms with Gasteiger partial charge in [-0.3, -0.25) is 14.6 Å². The molecule has 4 aromatic rings. The monoisotopic (exact) mass is 401 g/mol. The number of carbonyl (C=O) groups excluding carboxylic acids is 1. The number of nitrogens with one attached hydrogen (secondary N) is 2. The fraction of sp³-hybridized carbons (Fsp3) is 0.0909. The fourth-order valence-corrected chi connectivity index (χ4v) is 2.81. The lowest BCUT2D eigenvalue weighted by Crippen LogP contribution is -2.20. The van der Waals surface area contributed by atoms with Crippen molar-refractivity contribution in [2.45, 2.75) is 13.8 Å². The summed E-state index contributed by atoms with van der Waals surface area (Å²) in [5.74, 6) is 0.714. The van der Waals surface area contributed by atoms with Crippen LogP contribution in [0.25, 0.3) is 23.5 Å². The van der Waals surface area contributed by atoms with E-state index in [4.69, 9.17) is 4.42 Å². The molecular formula is C22H19N5O3. The van der Waals surface area contributed by atoms with E-state index in [1.54, 1.807) is 38.1 Å². The zero-order valence-corrected chi connectivity index (χ0v) is 16.4. The van der Waals surface area contributed by atoms with Crippen LogP contribution in [0.2, 0.25) is 0 Å². The Morgan fingerprint density at radius 3 is 2.67 bits per heavy atom. The van der Waals surface area contributed by atoms with E-state index in [1.165, 1.54) is 17.0 Å². The molecule has 0 atom stereocenters. The third kappa shape index (κ3) is 3.97. The van der Waals surface area contributed by atoms with Gasteiger partial charge in [0.1, 0.15) is 11.5 Å². The fourth-order valence-electron chi connectivity index (χ4n) is 2.81. The average molecular weight is 401 g/mol. The van der Waals surface area contributed by atoms with Crippen LogP contribution in [0.4, 0.5) is 5.82 Å². The quantitative estimate of drug-likeness (QED) is 0.498. The van der Waals surface area contributed by atoms with Crippen LogP contribution < -0.4 is 10.9 Å². The summed E-state index contributed by atoms with van der Waals surface area (Å²) in [5, 5.41) is 7.24. The van der Waals surface area contributed by atoms with Crippen LogP contribution in [0, 0.1) is 13.8 Å². The highest BCUT2D eigenvalue weighted by Crippen LogP contribution is 2.24. The summed E-state index contributed by atoms with van der Waals surface area (Å²) in [7, 11) is 0. The second-order valence-electron chi connectivity index (χ2n) is 6.64. The number of amides is 1. The van der Waals surface area contributed by atoms with Crippen molar-refractivity contribution < 1.29 is 9.21 Å². The average Bonchev–Trinajstić information content (AvgIpc) is 3.41. The van der Waals surface area contributed by atoms with Crippen LogP contribution in [0.3, 0.4) is 0 Å². The summed E-state index contributed by atoms with van der Waals surface area (Å²) in [6.45, 7) is 3.44. The zero-order chi connectivity index (χ0) is 21.1. The Kier molecular flexibility index (Phi) is 5.13. The van der Waals surface area contributed by atoms with Gasteiger partial charge in [-0.2, -0.15) is 9.78 Å². The lowest BCUT2D eigenvalue weighted by Gasteiger charge is -2.08. The maximum Gasteiger partial charge on any atom is 0.255 e. The number of rotatable bonds is 5. The molecule has 0 bridgehead atoms. The Morgan fingerprint density at radius 1 is 1.17 bits per heavy atom. The van der Waals surface area contributed by atoms with Gasteiger partial charge in [0.2, 0.25) is 11.9 Å². The Bertz CT molecular complexity index is 1270. The van der Waals surface area contributed by atoms with E-state index in [1.807, 2.05) is 30.3 Å². The van der Waals surface area contributed by atoms with Gasteiger partial charge in [0, 0.05) is 23.4 Å². The van der Waals surface area contributed by atoms with Crippen molar-refractivity contribution in [3.8, 4) is 17.4 Å².